The number of pyridine rings is 1. The van der Waals surface area contributed by atoms with Crippen molar-refractivity contribution in [2.24, 2.45) is 5.41 Å². The number of nitrogens with zero attached hydrogens (tertiary/aromatic N) is 1. The first kappa shape index (κ1) is 16.2. The molecule has 4 nitrogen and oxygen atoms in total. The maximum Gasteiger partial charge on any atom is 0.185 e. The summed E-state index contributed by atoms with van der Waals surface area (Å²) in [6.45, 7) is 9.99. The van der Waals surface area contributed by atoms with Crippen LogP contribution in [0.3, 0.4) is 0 Å². The largest absolute Gasteiger partial charge is 0.490 e. The fourth-order valence-corrected chi connectivity index (χ4v) is 3.82. The van der Waals surface area contributed by atoms with Crippen molar-refractivity contribution in [1.82, 2.24) is 4.57 Å². The predicted octanol–water partition coefficient (Wildman–Crippen LogP) is 4.13. The molecule has 132 valence electrons. The van der Waals surface area contributed by atoms with E-state index in [2.05, 4.69) is 37.5 Å². The Labute approximate surface area is 148 Å². The zero-order chi connectivity index (χ0) is 17.8. The number of ether oxygens (including phenoxy) is 2. The molecule has 1 atom stereocenters. The molecular weight excluding hydrogens is 314 g/mol. The van der Waals surface area contributed by atoms with E-state index in [-0.39, 0.29) is 10.8 Å². The summed E-state index contributed by atoms with van der Waals surface area (Å²) in [5, 5.41) is 0. The molecule has 1 unspecified atom stereocenters. The maximum atomic E-state index is 12.3. The van der Waals surface area contributed by atoms with E-state index in [9.17, 15) is 4.79 Å². The Kier molecular flexibility index (Phi) is 3.67. The summed E-state index contributed by atoms with van der Waals surface area (Å²) in [5.74, 6) is 1.61. The third kappa shape index (κ3) is 2.74. The molecule has 1 aromatic carbocycles. The quantitative estimate of drug-likeness (QED) is 0.725. The van der Waals surface area contributed by atoms with Gasteiger partial charge in [0.2, 0.25) is 0 Å². The van der Waals surface area contributed by atoms with Gasteiger partial charge in [0.25, 0.3) is 0 Å². The van der Waals surface area contributed by atoms with Crippen molar-refractivity contribution in [3.63, 3.8) is 0 Å². The number of hydrogen-bond donors (Lipinski definition) is 0. The molecule has 0 aliphatic carbocycles. The van der Waals surface area contributed by atoms with Gasteiger partial charge in [-0.3, -0.25) is 4.79 Å². The van der Waals surface area contributed by atoms with Crippen molar-refractivity contribution < 1.29 is 9.47 Å². The van der Waals surface area contributed by atoms with Gasteiger partial charge in [-0.15, -0.1) is 0 Å². The average Bonchev–Trinajstić information content (AvgIpc) is 2.77. The number of hydrogen-bond acceptors (Lipinski definition) is 3. The first-order chi connectivity index (χ1) is 11.8. The second-order valence-electron chi connectivity index (χ2n) is 8.21. The van der Waals surface area contributed by atoms with E-state index >= 15 is 0 Å². The third-order valence-corrected chi connectivity index (χ3v) is 5.27. The first-order valence-corrected chi connectivity index (χ1v) is 9.00. The fourth-order valence-electron chi connectivity index (χ4n) is 3.82. The molecule has 0 radical (unpaired) electrons. The van der Waals surface area contributed by atoms with Crippen LogP contribution in [0.25, 0.3) is 11.3 Å². The van der Waals surface area contributed by atoms with E-state index in [0.29, 0.717) is 19.3 Å². The molecule has 0 saturated heterocycles. The second-order valence-corrected chi connectivity index (χ2v) is 8.21. The molecular formula is C21H25NO3. The fraction of sp³-hybridized carbons (Fsp3) is 0.476. The van der Waals surface area contributed by atoms with Gasteiger partial charge in [0.05, 0.1) is 18.9 Å². The molecule has 2 aliphatic heterocycles. The van der Waals surface area contributed by atoms with Crippen molar-refractivity contribution in [3.05, 3.63) is 45.7 Å². The predicted molar refractivity (Wildman–Crippen MR) is 98.7 cm³/mol. The van der Waals surface area contributed by atoms with Gasteiger partial charge in [-0.25, -0.2) is 0 Å². The highest BCUT2D eigenvalue weighted by atomic mass is 16.5. The molecule has 25 heavy (non-hydrogen) atoms. The van der Waals surface area contributed by atoms with E-state index < -0.39 is 0 Å². The van der Waals surface area contributed by atoms with Gasteiger partial charge in [0, 0.05) is 35.9 Å². The number of benzene rings is 1. The summed E-state index contributed by atoms with van der Waals surface area (Å²) in [6.07, 6.45) is 3.82. The third-order valence-electron chi connectivity index (χ3n) is 5.27. The van der Waals surface area contributed by atoms with Gasteiger partial charge < -0.3 is 14.0 Å². The molecule has 4 rings (SSSR count). The Hall–Kier alpha value is -2.23. The van der Waals surface area contributed by atoms with E-state index in [1.54, 1.807) is 6.07 Å². The number of rotatable bonds is 0. The van der Waals surface area contributed by atoms with Crippen LogP contribution in [0, 0.1) is 12.3 Å². The number of aryl methyl sites for hydroxylation is 1. The molecule has 2 aromatic rings. The Morgan fingerprint density at radius 3 is 2.44 bits per heavy atom. The van der Waals surface area contributed by atoms with Crippen molar-refractivity contribution in [2.75, 3.05) is 13.2 Å². The highest BCUT2D eigenvalue weighted by Gasteiger charge is 2.33. The van der Waals surface area contributed by atoms with E-state index in [4.69, 9.17) is 9.47 Å². The lowest BCUT2D eigenvalue weighted by molar-refractivity contribution is 0.237. The number of fused-ring (bicyclic) bond motifs is 4. The van der Waals surface area contributed by atoms with Crippen LogP contribution in [-0.2, 0) is 6.42 Å². The molecule has 0 bridgehead atoms. The summed E-state index contributed by atoms with van der Waals surface area (Å²) in [4.78, 5) is 12.3. The van der Waals surface area contributed by atoms with Crippen LogP contribution in [-0.4, -0.2) is 17.8 Å². The van der Waals surface area contributed by atoms with Gasteiger partial charge in [-0.2, -0.15) is 0 Å². The van der Waals surface area contributed by atoms with Crippen LogP contribution < -0.4 is 14.9 Å². The SMILES string of the molecule is Cc1cn2c(cc1=O)-c1cc3c(cc1CC2C(C)(C)C)OCCCO3. The van der Waals surface area contributed by atoms with Crippen LogP contribution >= 0.6 is 0 Å². The zero-order valence-corrected chi connectivity index (χ0v) is 15.4. The molecule has 0 fully saturated rings. The molecule has 0 saturated carbocycles. The van der Waals surface area contributed by atoms with Crippen LogP contribution in [0.15, 0.2) is 29.2 Å². The maximum absolute atomic E-state index is 12.3. The summed E-state index contributed by atoms with van der Waals surface area (Å²) >= 11 is 0. The normalized spacial score (nSPS) is 19.0. The molecule has 4 heteroatoms. The van der Waals surface area contributed by atoms with E-state index in [1.165, 1.54) is 5.56 Å². The van der Waals surface area contributed by atoms with Crippen LogP contribution in [0.1, 0.15) is 44.4 Å². The highest BCUT2D eigenvalue weighted by Crippen LogP contribution is 2.46. The lowest BCUT2D eigenvalue weighted by Gasteiger charge is -2.39. The lowest BCUT2D eigenvalue weighted by Crippen LogP contribution is -2.31. The average molecular weight is 339 g/mol. The van der Waals surface area contributed by atoms with Crippen LogP contribution in [0.5, 0.6) is 11.5 Å². The standard InChI is InChI=1S/C21H25NO3/c1-13-12-22-16(11-17(13)23)15-10-19-18(24-6-5-7-25-19)8-14(15)9-20(22)21(2,3)4/h8,10-12,20H,5-7,9H2,1-4H3. The van der Waals surface area contributed by atoms with Gasteiger partial charge >= 0.3 is 0 Å². The second kappa shape index (κ2) is 5.65. The highest BCUT2D eigenvalue weighted by molar-refractivity contribution is 5.71. The Morgan fingerprint density at radius 1 is 1.08 bits per heavy atom. The van der Waals surface area contributed by atoms with E-state index in [0.717, 1.165) is 41.2 Å². The van der Waals surface area contributed by atoms with Gasteiger partial charge in [-0.05, 0) is 36.5 Å². The van der Waals surface area contributed by atoms with Crippen molar-refractivity contribution in [2.45, 2.75) is 46.6 Å². The summed E-state index contributed by atoms with van der Waals surface area (Å²) in [6, 6.07) is 6.23. The molecule has 0 N–H and O–H groups in total. The van der Waals surface area contributed by atoms with Crippen molar-refractivity contribution >= 4 is 0 Å². The smallest absolute Gasteiger partial charge is 0.185 e. The van der Waals surface area contributed by atoms with Gasteiger partial charge in [0.1, 0.15) is 0 Å². The Bertz CT molecular complexity index is 889. The monoisotopic (exact) mass is 339 g/mol. The van der Waals surface area contributed by atoms with Gasteiger partial charge in [0.15, 0.2) is 16.9 Å². The topological polar surface area (TPSA) is 40.5 Å². The van der Waals surface area contributed by atoms with Crippen LogP contribution in [0.2, 0.25) is 0 Å². The molecule has 2 aliphatic rings. The van der Waals surface area contributed by atoms with Crippen LogP contribution in [0.4, 0.5) is 0 Å². The summed E-state index contributed by atoms with van der Waals surface area (Å²) in [5.41, 5.74) is 4.24. The minimum absolute atomic E-state index is 0.0814. The molecule has 1 aromatic heterocycles. The van der Waals surface area contributed by atoms with Crippen molar-refractivity contribution in [3.8, 4) is 22.8 Å². The Morgan fingerprint density at radius 2 is 1.76 bits per heavy atom. The van der Waals surface area contributed by atoms with Crippen molar-refractivity contribution in [1.29, 1.82) is 0 Å². The minimum Gasteiger partial charge on any atom is -0.490 e. The van der Waals surface area contributed by atoms with Gasteiger partial charge in [-0.1, -0.05) is 20.8 Å². The zero-order valence-electron chi connectivity index (χ0n) is 15.4. The minimum atomic E-state index is 0.0814. The number of aromatic nitrogens is 1. The Balaban J connectivity index is 1.96. The molecule has 0 spiro atoms. The summed E-state index contributed by atoms with van der Waals surface area (Å²) in [7, 11) is 0. The lowest BCUT2D eigenvalue weighted by atomic mass is 9.78. The summed E-state index contributed by atoms with van der Waals surface area (Å²) < 4.78 is 14.0. The molecule has 3 heterocycles. The van der Waals surface area contributed by atoms with E-state index in [1.807, 2.05) is 13.1 Å². The first-order valence-electron chi connectivity index (χ1n) is 9.00. The molecule has 0 amide bonds.